The summed E-state index contributed by atoms with van der Waals surface area (Å²) < 4.78 is 1.85. The van der Waals surface area contributed by atoms with Crippen LogP contribution in [0.15, 0.2) is 42.6 Å². The Bertz CT molecular complexity index is 934. The van der Waals surface area contributed by atoms with Crippen LogP contribution in [0, 0.1) is 18.3 Å². The third-order valence-electron chi connectivity index (χ3n) is 3.61. The van der Waals surface area contributed by atoms with Crippen molar-refractivity contribution in [2.24, 2.45) is 0 Å². The molecule has 1 aromatic carbocycles. The van der Waals surface area contributed by atoms with Gasteiger partial charge in [-0.2, -0.15) is 5.26 Å². The molecule has 3 aromatic rings. The second kappa shape index (κ2) is 5.21. The molecule has 0 aliphatic heterocycles. The Morgan fingerprint density at radius 2 is 1.95 bits per heavy atom. The molecule has 0 radical (unpaired) electrons. The van der Waals surface area contributed by atoms with Gasteiger partial charge in [0.25, 0.3) is 0 Å². The highest BCUT2D eigenvalue weighted by atomic mass is 35.5. The van der Waals surface area contributed by atoms with E-state index in [0.717, 1.165) is 16.8 Å². The van der Waals surface area contributed by atoms with E-state index in [2.05, 4.69) is 6.07 Å². The summed E-state index contributed by atoms with van der Waals surface area (Å²) >= 11 is 6.33. The average molecular weight is 311 g/mol. The molecule has 0 saturated carbocycles. The summed E-state index contributed by atoms with van der Waals surface area (Å²) in [6, 6.07) is 12.3. The molecule has 0 aliphatic carbocycles. The Kier molecular flexibility index (Phi) is 3.36. The molecule has 0 fully saturated rings. The third kappa shape index (κ3) is 2.12. The first kappa shape index (κ1) is 14.2. The first-order valence-electron chi connectivity index (χ1n) is 6.57. The van der Waals surface area contributed by atoms with Crippen molar-refractivity contribution in [3.8, 4) is 17.3 Å². The molecule has 2 heterocycles. The predicted octanol–water partition coefficient (Wildman–Crippen LogP) is 4.14. The number of carboxylic acids is 1. The van der Waals surface area contributed by atoms with E-state index in [1.165, 1.54) is 0 Å². The minimum Gasteiger partial charge on any atom is -0.478 e. The Morgan fingerprint density at radius 1 is 1.27 bits per heavy atom. The van der Waals surface area contributed by atoms with E-state index in [4.69, 9.17) is 16.7 Å². The van der Waals surface area contributed by atoms with Crippen molar-refractivity contribution in [2.45, 2.75) is 6.92 Å². The zero-order valence-electron chi connectivity index (χ0n) is 11.7. The number of halogens is 1. The summed E-state index contributed by atoms with van der Waals surface area (Å²) in [5, 5.41) is 18.8. The van der Waals surface area contributed by atoms with Crippen LogP contribution in [0.3, 0.4) is 0 Å². The smallest absolute Gasteiger partial charge is 0.335 e. The molecule has 1 N–H and O–H groups in total. The summed E-state index contributed by atoms with van der Waals surface area (Å²) in [6.07, 6.45) is 1.86. The van der Waals surface area contributed by atoms with Gasteiger partial charge in [0.15, 0.2) is 0 Å². The highest BCUT2D eigenvalue weighted by molar-refractivity contribution is 6.35. The second-order valence-electron chi connectivity index (χ2n) is 4.97. The van der Waals surface area contributed by atoms with Crippen molar-refractivity contribution in [1.29, 1.82) is 5.26 Å². The third-order valence-corrected chi connectivity index (χ3v) is 4.09. The van der Waals surface area contributed by atoms with Crippen LogP contribution in [-0.2, 0) is 0 Å². The van der Waals surface area contributed by atoms with Crippen LogP contribution in [-0.4, -0.2) is 15.5 Å². The topological polar surface area (TPSA) is 65.5 Å². The summed E-state index contributed by atoms with van der Waals surface area (Å²) in [7, 11) is 0. The van der Waals surface area contributed by atoms with E-state index in [9.17, 15) is 10.1 Å². The van der Waals surface area contributed by atoms with Crippen molar-refractivity contribution in [3.63, 3.8) is 0 Å². The minimum atomic E-state index is -0.969. The van der Waals surface area contributed by atoms with Crippen LogP contribution in [0.2, 0.25) is 5.02 Å². The number of rotatable bonds is 2. The number of hydrogen-bond donors (Lipinski definition) is 1. The van der Waals surface area contributed by atoms with Gasteiger partial charge in [-0.3, -0.25) is 0 Å². The van der Waals surface area contributed by atoms with E-state index >= 15 is 0 Å². The predicted molar refractivity (Wildman–Crippen MR) is 84.3 cm³/mol. The van der Waals surface area contributed by atoms with Gasteiger partial charge in [0.2, 0.25) is 0 Å². The number of nitriles is 1. The standard InChI is InChI=1S/C17H11ClN2O2/c1-10-6-7-20-14(8-13(9-19)16(20)15(10)18)11-2-4-12(5-3-11)17(21)22/h2-8H,1H3,(H,21,22). The number of carbonyl (C=O) groups is 1. The summed E-state index contributed by atoms with van der Waals surface area (Å²) in [5.74, 6) is -0.969. The molecule has 5 heteroatoms. The minimum absolute atomic E-state index is 0.221. The van der Waals surface area contributed by atoms with E-state index in [0.29, 0.717) is 16.1 Å². The quantitative estimate of drug-likeness (QED) is 0.773. The zero-order chi connectivity index (χ0) is 15.9. The lowest BCUT2D eigenvalue weighted by atomic mass is 10.1. The number of fused-ring (bicyclic) bond motifs is 1. The number of nitrogens with zero attached hydrogens (tertiary/aromatic N) is 2. The van der Waals surface area contributed by atoms with Crippen molar-refractivity contribution in [2.75, 3.05) is 0 Å². The highest BCUT2D eigenvalue weighted by Gasteiger charge is 2.15. The average Bonchev–Trinajstić information content (AvgIpc) is 2.90. The van der Waals surface area contributed by atoms with E-state index < -0.39 is 5.97 Å². The van der Waals surface area contributed by atoms with Gasteiger partial charge in [-0.1, -0.05) is 23.7 Å². The maximum atomic E-state index is 10.9. The van der Waals surface area contributed by atoms with E-state index in [1.54, 1.807) is 30.3 Å². The number of carboxylic acid groups (broad SMARTS) is 1. The molecule has 0 spiro atoms. The number of benzene rings is 1. The first-order chi connectivity index (χ1) is 10.5. The van der Waals surface area contributed by atoms with Crippen LogP contribution in [0.1, 0.15) is 21.5 Å². The first-order valence-corrected chi connectivity index (χ1v) is 6.94. The van der Waals surface area contributed by atoms with Gasteiger partial charge in [0.1, 0.15) is 6.07 Å². The molecule has 0 atom stereocenters. The fourth-order valence-corrected chi connectivity index (χ4v) is 2.70. The number of pyridine rings is 1. The second-order valence-corrected chi connectivity index (χ2v) is 5.35. The molecular weight excluding hydrogens is 300 g/mol. The van der Waals surface area contributed by atoms with Gasteiger partial charge in [-0.15, -0.1) is 0 Å². The Balaban J connectivity index is 2.26. The van der Waals surface area contributed by atoms with Crippen LogP contribution in [0.25, 0.3) is 16.8 Å². The van der Waals surface area contributed by atoms with Gasteiger partial charge in [-0.25, -0.2) is 4.79 Å². The van der Waals surface area contributed by atoms with Crippen molar-refractivity contribution in [1.82, 2.24) is 4.40 Å². The van der Waals surface area contributed by atoms with Crippen LogP contribution in [0.4, 0.5) is 0 Å². The maximum Gasteiger partial charge on any atom is 0.335 e. The van der Waals surface area contributed by atoms with Gasteiger partial charge >= 0.3 is 5.97 Å². The molecule has 22 heavy (non-hydrogen) atoms. The van der Waals surface area contributed by atoms with Crippen LogP contribution in [0.5, 0.6) is 0 Å². The number of aromatic nitrogens is 1. The largest absolute Gasteiger partial charge is 0.478 e. The van der Waals surface area contributed by atoms with Crippen molar-refractivity contribution >= 4 is 23.1 Å². The molecule has 4 nitrogen and oxygen atoms in total. The number of aryl methyl sites for hydroxylation is 1. The molecule has 108 valence electrons. The summed E-state index contributed by atoms with van der Waals surface area (Å²) in [6.45, 7) is 1.89. The molecule has 0 aliphatic rings. The zero-order valence-corrected chi connectivity index (χ0v) is 12.4. The van der Waals surface area contributed by atoms with Gasteiger partial charge < -0.3 is 9.51 Å². The van der Waals surface area contributed by atoms with Gasteiger partial charge in [-0.05, 0) is 42.3 Å². The molecule has 0 saturated heterocycles. The lowest BCUT2D eigenvalue weighted by Gasteiger charge is -2.06. The molecule has 3 rings (SSSR count). The van der Waals surface area contributed by atoms with Crippen LogP contribution >= 0.6 is 11.6 Å². The molecule has 0 unspecified atom stereocenters. The fourth-order valence-electron chi connectivity index (χ4n) is 2.44. The van der Waals surface area contributed by atoms with Gasteiger partial charge in [0.05, 0.1) is 27.4 Å². The highest BCUT2D eigenvalue weighted by Crippen LogP contribution is 2.32. The Morgan fingerprint density at radius 3 is 2.55 bits per heavy atom. The SMILES string of the molecule is Cc1ccn2c(-c3ccc(C(=O)O)cc3)cc(C#N)c2c1Cl. The lowest BCUT2D eigenvalue weighted by Crippen LogP contribution is -1.95. The van der Waals surface area contributed by atoms with Crippen molar-refractivity contribution < 1.29 is 9.90 Å². The van der Waals surface area contributed by atoms with Crippen molar-refractivity contribution in [3.05, 3.63) is 64.3 Å². The normalized spacial score (nSPS) is 10.6. The number of hydrogen-bond acceptors (Lipinski definition) is 2. The summed E-state index contributed by atoms with van der Waals surface area (Å²) in [5.41, 5.74) is 3.90. The monoisotopic (exact) mass is 310 g/mol. The Labute approximate surface area is 131 Å². The number of aromatic carboxylic acids is 1. The summed E-state index contributed by atoms with van der Waals surface area (Å²) in [4.78, 5) is 10.9. The van der Waals surface area contributed by atoms with Gasteiger partial charge in [0, 0.05) is 6.20 Å². The molecule has 0 bridgehead atoms. The van der Waals surface area contributed by atoms with E-state index in [-0.39, 0.29) is 5.56 Å². The molecule has 2 aromatic heterocycles. The maximum absolute atomic E-state index is 10.9. The lowest BCUT2D eigenvalue weighted by molar-refractivity contribution is 0.0697. The Hall–Kier alpha value is -2.77. The molecular formula is C17H11ClN2O2. The molecule has 0 amide bonds. The fraction of sp³-hybridized carbons (Fsp3) is 0.0588. The van der Waals surface area contributed by atoms with E-state index in [1.807, 2.05) is 23.6 Å². The van der Waals surface area contributed by atoms with Crippen LogP contribution < -0.4 is 0 Å².